The van der Waals surface area contributed by atoms with Crippen molar-refractivity contribution in [2.45, 2.75) is 0 Å². The van der Waals surface area contributed by atoms with E-state index in [1.165, 1.54) is 17.4 Å². The first-order chi connectivity index (χ1) is 12.7. The number of urea groups is 1. The summed E-state index contributed by atoms with van der Waals surface area (Å²) in [5.41, 5.74) is 0.742. The first kappa shape index (κ1) is 17.3. The Hall–Kier alpha value is -3.57. The van der Waals surface area contributed by atoms with Gasteiger partial charge in [0.1, 0.15) is 0 Å². The molecule has 0 spiro atoms. The van der Waals surface area contributed by atoms with E-state index in [9.17, 15) is 4.79 Å². The lowest BCUT2D eigenvalue weighted by molar-refractivity contribution is 0.262. The van der Waals surface area contributed by atoms with E-state index in [2.05, 4.69) is 15.6 Å². The van der Waals surface area contributed by atoms with Crippen LogP contribution in [0, 0.1) is 11.3 Å². The number of rotatable bonds is 5. The zero-order valence-electron chi connectivity index (χ0n) is 13.7. The number of nitrogens with one attached hydrogen (secondary N) is 2. The summed E-state index contributed by atoms with van der Waals surface area (Å²) in [7, 11) is 1.54. The van der Waals surface area contributed by atoms with Gasteiger partial charge in [-0.3, -0.25) is 5.32 Å². The Kier molecular flexibility index (Phi) is 5.31. The number of amides is 2. The molecule has 0 atom stereocenters. The number of anilines is 2. The summed E-state index contributed by atoms with van der Waals surface area (Å²) in [5.74, 6) is 1.42. The average molecular weight is 366 g/mol. The van der Waals surface area contributed by atoms with Crippen LogP contribution in [0.1, 0.15) is 5.56 Å². The van der Waals surface area contributed by atoms with Crippen LogP contribution in [-0.2, 0) is 0 Å². The van der Waals surface area contributed by atoms with E-state index in [-0.39, 0.29) is 0 Å². The van der Waals surface area contributed by atoms with Crippen LogP contribution in [0.15, 0.2) is 54.0 Å². The van der Waals surface area contributed by atoms with Crippen molar-refractivity contribution >= 4 is 28.2 Å². The number of hydrogen-bond acceptors (Lipinski definition) is 6. The van der Waals surface area contributed by atoms with E-state index in [1.807, 2.05) is 18.2 Å². The summed E-state index contributed by atoms with van der Waals surface area (Å²) in [6.07, 6.45) is 1.59. The molecule has 1 heterocycles. The van der Waals surface area contributed by atoms with Crippen LogP contribution in [-0.4, -0.2) is 18.1 Å². The molecule has 0 aliphatic heterocycles. The van der Waals surface area contributed by atoms with Crippen molar-refractivity contribution in [3.05, 3.63) is 59.6 Å². The number of nitriles is 1. The molecule has 26 heavy (non-hydrogen) atoms. The largest absolute Gasteiger partial charge is 0.493 e. The van der Waals surface area contributed by atoms with E-state index in [0.717, 1.165) is 0 Å². The quantitative estimate of drug-likeness (QED) is 0.695. The standard InChI is InChI=1S/C18H14N4O3S/c1-24-15-4-2-3-5-16(15)25-14-7-6-12(11-19)10-13(14)21-17(23)22-18-20-8-9-26-18/h2-10H,1H3,(H2,20,21,22,23). The Morgan fingerprint density at radius 3 is 2.65 bits per heavy atom. The summed E-state index contributed by atoms with van der Waals surface area (Å²) < 4.78 is 11.1. The van der Waals surface area contributed by atoms with Gasteiger partial charge in [-0.05, 0) is 30.3 Å². The number of aromatic nitrogens is 1. The lowest BCUT2D eigenvalue weighted by atomic mass is 10.2. The third-order valence-electron chi connectivity index (χ3n) is 3.30. The molecule has 2 aromatic carbocycles. The molecule has 3 rings (SSSR count). The summed E-state index contributed by atoms with van der Waals surface area (Å²) in [6, 6.07) is 13.5. The van der Waals surface area contributed by atoms with Crippen molar-refractivity contribution in [3.63, 3.8) is 0 Å². The number of thiazole rings is 1. The van der Waals surface area contributed by atoms with E-state index in [1.54, 1.807) is 43.0 Å². The van der Waals surface area contributed by atoms with Gasteiger partial charge in [-0.25, -0.2) is 9.78 Å². The van der Waals surface area contributed by atoms with Gasteiger partial charge in [0.15, 0.2) is 22.4 Å². The van der Waals surface area contributed by atoms with Crippen LogP contribution in [0.25, 0.3) is 0 Å². The molecule has 0 bridgehead atoms. The van der Waals surface area contributed by atoms with E-state index in [0.29, 0.717) is 33.6 Å². The maximum atomic E-state index is 12.2. The number of para-hydroxylation sites is 2. The predicted molar refractivity (Wildman–Crippen MR) is 99.0 cm³/mol. The second-order valence-corrected chi connectivity index (χ2v) is 5.89. The van der Waals surface area contributed by atoms with Crippen molar-refractivity contribution in [3.8, 4) is 23.3 Å². The first-order valence-corrected chi connectivity index (χ1v) is 8.40. The zero-order chi connectivity index (χ0) is 18.4. The summed E-state index contributed by atoms with van der Waals surface area (Å²) in [6.45, 7) is 0. The van der Waals surface area contributed by atoms with Gasteiger partial charge in [0, 0.05) is 11.6 Å². The van der Waals surface area contributed by atoms with Gasteiger partial charge in [0.25, 0.3) is 0 Å². The number of carbonyl (C=O) groups is 1. The molecular weight excluding hydrogens is 352 g/mol. The number of hydrogen-bond donors (Lipinski definition) is 2. The second-order valence-electron chi connectivity index (χ2n) is 4.99. The highest BCUT2D eigenvalue weighted by atomic mass is 32.1. The van der Waals surface area contributed by atoms with Crippen molar-refractivity contribution in [2.24, 2.45) is 0 Å². The third-order valence-corrected chi connectivity index (χ3v) is 3.99. The summed E-state index contributed by atoms with van der Waals surface area (Å²) in [4.78, 5) is 16.2. The third kappa shape index (κ3) is 4.09. The normalized spacial score (nSPS) is 9.85. The molecule has 2 amide bonds. The molecule has 0 radical (unpaired) electrons. The van der Waals surface area contributed by atoms with Crippen molar-refractivity contribution in [1.82, 2.24) is 4.98 Å². The van der Waals surface area contributed by atoms with Gasteiger partial charge in [0.05, 0.1) is 24.4 Å². The van der Waals surface area contributed by atoms with E-state index < -0.39 is 6.03 Å². The highest BCUT2D eigenvalue weighted by Gasteiger charge is 2.13. The predicted octanol–water partition coefficient (Wildman–Crippen LogP) is 4.46. The number of ether oxygens (including phenoxy) is 2. The molecular formula is C18H14N4O3S. The molecule has 3 aromatic rings. The van der Waals surface area contributed by atoms with E-state index in [4.69, 9.17) is 14.7 Å². The molecule has 7 nitrogen and oxygen atoms in total. The van der Waals surface area contributed by atoms with Crippen LogP contribution < -0.4 is 20.1 Å². The fourth-order valence-corrected chi connectivity index (χ4v) is 2.67. The fraction of sp³-hybridized carbons (Fsp3) is 0.0556. The van der Waals surface area contributed by atoms with Gasteiger partial charge < -0.3 is 14.8 Å². The molecule has 8 heteroatoms. The second kappa shape index (κ2) is 8.00. The lowest BCUT2D eigenvalue weighted by Gasteiger charge is -2.14. The minimum absolute atomic E-state index is 0.351. The van der Waals surface area contributed by atoms with Crippen molar-refractivity contribution < 1.29 is 14.3 Å². The van der Waals surface area contributed by atoms with Crippen molar-refractivity contribution in [2.75, 3.05) is 17.7 Å². The van der Waals surface area contributed by atoms with Gasteiger partial charge >= 0.3 is 6.03 Å². The minimum Gasteiger partial charge on any atom is -0.493 e. The highest BCUT2D eigenvalue weighted by Crippen LogP contribution is 2.35. The van der Waals surface area contributed by atoms with Crippen LogP contribution in [0.3, 0.4) is 0 Å². The highest BCUT2D eigenvalue weighted by molar-refractivity contribution is 7.13. The molecule has 0 saturated carbocycles. The van der Waals surface area contributed by atoms with E-state index >= 15 is 0 Å². The number of benzene rings is 2. The summed E-state index contributed by atoms with van der Waals surface area (Å²) >= 11 is 1.30. The van der Waals surface area contributed by atoms with Gasteiger partial charge in [-0.15, -0.1) is 11.3 Å². The van der Waals surface area contributed by atoms with Gasteiger partial charge in [0.2, 0.25) is 0 Å². The SMILES string of the molecule is COc1ccccc1Oc1ccc(C#N)cc1NC(=O)Nc1nccs1. The fourth-order valence-electron chi connectivity index (χ4n) is 2.14. The Bertz CT molecular complexity index is 951. The zero-order valence-corrected chi connectivity index (χ0v) is 14.5. The number of carbonyl (C=O) groups excluding carboxylic acids is 1. The maximum Gasteiger partial charge on any atom is 0.325 e. The topological polar surface area (TPSA) is 96.3 Å². The van der Waals surface area contributed by atoms with Crippen molar-refractivity contribution in [1.29, 1.82) is 5.26 Å². The molecule has 1 aromatic heterocycles. The Morgan fingerprint density at radius 1 is 1.15 bits per heavy atom. The average Bonchev–Trinajstić information content (AvgIpc) is 3.16. The van der Waals surface area contributed by atoms with Crippen LogP contribution >= 0.6 is 11.3 Å². The van der Waals surface area contributed by atoms with Crippen LogP contribution in [0.5, 0.6) is 17.2 Å². The van der Waals surface area contributed by atoms with Crippen LogP contribution in [0.2, 0.25) is 0 Å². The molecule has 0 saturated heterocycles. The monoisotopic (exact) mass is 366 g/mol. The minimum atomic E-state index is -0.486. The summed E-state index contributed by atoms with van der Waals surface area (Å²) in [5, 5.41) is 16.6. The number of nitrogens with zero attached hydrogens (tertiary/aromatic N) is 2. The molecule has 2 N–H and O–H groups in total. The Morgan fingerprint density at radius 2 is 1.96 bits per heavy atom. The van der Waals surface area contributed by atoms with Gasteiger partial charge in [-0.2, -0.15) is 5.26 Å². The number of methoxy groups -OCH3 is 1. The molecule has 0 aliphatic carbocycles. The molecule has 130 valence electrons. The molecule has 0 fully saturated rings. The lowest BCUT2D eigenvalue weighted by Crippen LogP contribution is -2.19. The first-order valence-electron chi connectivity index (χ1n) is 7.52. The maximum absolute atomic E-state index is 12.2. The Labute approximate surface area is 153 Å². The van der Waals surface area contributed by atoms with Crippen LogP contribution in [0.4, 0.5) is 15.6 Å². The molecule has 0 unspecified atom stereocenters. The van der Waals surface area contributed by atoms with Gasteiger partial charge in [-0.1, -0.05) is 12.1 Å². The smallest absolute Gasteiger partial charge is 0.325 e. The molecule has 0 aliphatic rings. The Balaban J connectivity index is 1.85.